The van der Waals surface area contributed by atoms with E-state index in [1.807, 2.05) is 19.0 Å². The third-order valence-electron chi connectivity index (χ3n) is 4.51. The predicted octanol–water partition coefficient (Wildman–Crippen LogP) is 0.297. The van der Waals surface area contributed by atoms with E-state index in [1.165, 1.54) is 7.11 Å². The van der Waals surface area contributed by atoms with Crippen LogP contribution in [0.1, 0.15) is 29.1 Å². The van der Waals surface area contributed by atoms with E-state index in [1.54, 1.807) is 6.07 Å². The number of amides is 1. The quantitative estimate of drug-likeness (QED) is 0.649. The fraction of sp³-hybridized carbons (Fsp3) is 0.706. The third-order valence-corrected chi connectivity index (χ3v) is 4.51. The SMILES string of the molecule is COC(=O)c1cc(C[C@H]2CNCC[C@@H]2CC(=O)NCCN(C)C)no1. The number of piperidine rings is 1. The van der Waals surface area contributed by atoms with Crippen molar-refractivity contribution in [1.29, 1.82) is 0 Å². The third kappa shape index (κ3) is 6.13. The van der Waals surface area contributed by atoms with Crippen molar-refractivity contribution < 1.29 is 18.8 Å². The van der Waals surface area contributed by atoms with E-state index in [0.717, 1.165) is 26.1 Å². The number of hydrogen-bond donors (Lipinski definition) is 2. The highest BCUT2D eigenvalue weighted by Gasteiger charge is 2.28. The van der Waals surface area contributed by atoms with E-state index in [2.05, 4.69) is 20.5 Å². The smallest absolute Gasteiger partial charge is 0.376 e. The van der Waals surface area contributed by atoms with Gasteiger partial charge in [0.15, 0.2) is 0 Å². The minimum atomic E-state index is -0.530. The number of hydrogen-bond acceptors (Lipinski definition) is 7. The van der Waals surface area contributed by atoms with Gasteiger partial charge in [-0.15, -0.1) is 0 Å². The van der Waals surface area contributed by atoms with Gasteiger partial charge in [0, 0.05) is 25.6 Å². The van der Waals surface area contributed by atoms with Crippen molar-refractivity contribution >= 4 is 11.9 Å². The molecule has 0 bridgehead atoms. The molecule has 140 valence electrons. The molecule has 2 N–H and O–H groups in total. The number of methoxy groups -OCH3 is 1. The zero-order valence-electron chi connectivity index (χ0n) is 15.2. The van der Waals surface area contributed by atoms with Crippen molar-refractivity contribution in [2.24, 2.45) is 11.8 Å². The lowest BCUT2D eigenvalue weighted by Crippen LogP contribution is -2.41. The standard InChI is InChI=1S/C17H28N4O4/c1-21(2)7-6-19-16(22)9-12-4-5-18-11-13(12)8-14-10-15(25-20-14)17(23)24-3/h10,12-13,18H,4-9,11H2,1-3H3,(H,19,22)/t12-,13+/m1/s1. The topological polar surface area (TPSA) is 96.7 Å². The monoisotopic (exact) mass is 352 g/mol. The van der Waals surface area contributed by atoms with Crippen molar-refractivity contribution in [3.8, 4) is 0 Å². The number of likely N-dealkylation sites (N-methyl/N-ethyl adjacent to an activating group) is 1. The summed E-state index contributed by atoms with van der Waals surface area (Å²) in [6.07, 6.45) is 2.14. The minimum Gasteiger partial charge on any atom is -0.463 e. The molecule has 2 rings (SSSR count). The second-order valence-corrected chi connectivity index (χ2v) is 6.75. The Kier molecular flexibility index (Phi) is 7.39. The van der Waals surface area contributed by atoms with Crippen molar-refractivity contribution in [1.82, 2.24) is 20.7 Å². The van der Waals surface area contributed by atoms with Crippen LogP contribution in [0.3, 0.4) is 0 Å². The maximum Gasteiger partial charge on any atom is 0.376 e. The number of nitrogens with zero attached hydrogens (tertiary/aromatic N) is 2. The first kappa shape index (κ1) is 19.4. The van der Waals surface area contributed by atoms with Crippen LogP contribution in [0.2, 0.25) is 0 Å². The molecule has 0 radical (unpaired) electrons. The van der Waals surface area contributed by atoms with Crippen LogP contribution in [0.4, 0.5) is 0 Å². The van der Waals surface area contributed by atoms with Crippen LogP contribution in [-0.4, -0.2) is 69.3 Å². The average molecular weight is 352 g/mol. The molecule has 1 aromatic heterocycles. The largest absolute Gasteiger partial charge is 0.463 e. The van der Waals surface area contributed by atoms with Crippen molar-refractivity contribution in [2.75, 3.05) is 47.4 Å². The Morgan fingerprint density at radius 3 is 2.96 bits per heavy atom. The summed E-state index contributed by atoms with van der Waals surface area (Å²) in [4.78, 5) is 25.7. The van der Waals surface area contributed by atoms with Gasteiger partial charge in [-0.25, -0.2) is 4.79 Å². The molecule has 1 aliphatic heterocycles. The van der Waals surface area contributed by atoms with Gasteiger partial charge >= 0.3 is 5.97 Å². The molecule has 2 atom stereocenters. The summed E-state index contributed by atoms with van der Waals surface area (Å²) in [5.74, 6) is 0.244. The highest BCUT2D eigenvalue weighted by molar-refractivity contribution is 5.86. The molecule has 1 saturated heterocycles. The maximum atomic E-state index is 12.2. The maximum absolute atomic E-state index is 12.2. The van der Waals surface area contributed by atoms with Crippen molar-refractivity contribution in [2.45, 2.75) is 19.3 Å². The second-order valence-electron chi connectivity index (χ2n) is 6.75. The van der Waals surface area contributed by atoms with Gasteiger partial charge in [0.25, 0.3) is 0 Å². The van der Waals surface area contributed by atoms with Crippen LogP contribution >= 0.6 is 0 Å². The molecule has 1 fully saturated rings. The molecule has 1 aliphatic rings. The summed E-state index contributed by atoms with van der Waals surface area (Å²) in [6.45, 7) is 3.23. The highest BCUT2D eigenvalue weighted by Crippen LogP contribution is 2.26. The summed E-state index contributed by atoms with van der Waals surface area (Å²) < 4.78 is 9.65. The number of rotatable bonds is 8. The van der Waals surface area contributed by atoms with E-state index in [4.69, 9.17) is 4.52 Å². The average Bonchev–Trinajstić information content (AvgIpc) is 3.04. The summed E-state index contributed by atoms with van der Waals surface area (Å²) in [6, 6.07) is 1.62. The number of carbonyl (C=O) groups excluding carboxylic acids is 2. The first-order valence-electron chi connectivity index (χ1n) is 8.65. The molecular formula is C17H28N4O4. The molecule has 2 heterocycles. The molecule has 0 unspecified atom stereocenters. The van der Waals surface area contributed by atoms with Crippen LogP contribution in [0.15, 0.2) is 10.6 Å². The van der Waals surface area contributed by atoms with E-state index >= 15 is 0 Å². The van der Waals surface area contributed by atoms with Gasteiger partial charge in [-0.05, 0) is 51.9 Å². The second kappa shape index (κ2) is 9.53. The van der Waals surface area contributed by atoms with Crippen LogP contribution in [0.25, 0.3) is 0 Å². The van der Waals surface area contributed by atoms with Gasteiger partial charge in [-0.1, -0.05) is 5.16 Å². The van der Waals surface area contributed by atoms with Crippen LogP contribution in [0, 0.1) is 11.8 Å². The molecule has 1 aromatic rings. The molecule has 1 amide bonds. The minimum absolute atomic E-state index is 0.0918. The Bertz CT molecular complexity index is 573. The molecule has 0 aromatic carbocycles. The van der Waals surface area contributed by atoms with Gasteiger partial charge in [0.2, 0.25) is 11.7 Å². The Balaban J connectivity index is 1.88. The number of carbonyl (C=O) groups is 2. The van der Waals surface area contributed by atoms with E-state index in [9.17, 15) is 9.59 Å². The van der Waals surface area contributed by atoms with Crippen molar-refractivity contribution in [3.05, 3.63) is 17.5 Å². The van der Waals surface area contributed by atoms with Crippen molar-refractivity contribution in [3.63, 3.8) is 0 Å². The molecule has 25 heavy (non-hydrogen) atoms. The van der Waals surface area contributed by atoms with Crippen LogP contribution in [-0.2, 0) is 16.0 Å². The normalized spacial score (nSPS) is 20.5. The van der Waals surface area contributed by atoms with Crippen LogP contribution in [0.5, 0.6) is 0 Å². The molecule has 0 spiro atoms. The molecule has 0 saturated carbocycles. The van der Waals surface area contributed by atoms with E-state index in [0.29, 0.717) is 31.0 Å². The zero-order chi connectivity index (χ0) is 18.2. The summed E-state index contributed by atoms with van der Waals surface area (Å²) in [5.41, 5.74) is 0.715. The zero-order valence-corrected chi connectivity index (χ0v) is 15.2. The molecule has 8 nitrogen and oxygen atoms in total. The Labute approximate surface area is 148 Å². The summed E-state index contributed by atoms with van der Waals surface area (Å²) >= 11 is 0. The predicted molar refractivity (Wildman–Crippen MR) is 92.2 cm³/mol. The number of ether oxygens (including phenoxy) is 1. The van der Waals surface area contributed by atoms with Gasteiger partial charge in [0.05, 0.1) is 12.8 Å². The number of esters is 1. The first-order valence-corrected chi connectivity index (χ1v) is 8.65. The molecule has 8 heteroatoms. The van der Waals surface area contributed by atoms with Gasteiger partial charge < -0.3 is 24.8 Å². The highest BCUT2D eigenvalue weighted by atomic mass is 16.5. The van der Waals surface area contributed by atoms with Gasteiger partial charge in [0.1, 0.15) is 0 Å². The molecule has 0 aliphatic carbocycles. The Morgan fingerprint density at radius 1 is 1.44 bits per heavy atom. The van der Waals surface area contributed by atoms with Crippen LogP contribution < -0.4 is 10.6 Å². The van der Waals surface area contributed by atoms with E-state index in [-0.39, 0.29) is 17.6 Å². The Hall–Kier alpha value is -1.93. The summed E-state index contributed by atoms with van der Waals surface area (Å²) in [5, 5.41) is 10.3. The van der Waals surface area contributed by atoms with Gasteiger partial charge in [-0.3, -0.25) is 4.79 Å². The fourth-order valence-corrected chi connectivity index (χ4v) is 3.09. The lowest BCUT2D eigenvalue weighted by molar-refractivity contribution is -0.122. The number of nitrogens with one attached hydrogen (secondary N) is 2. The first-order chi connectivity index (χ1) is 12.0. The fourth-order valence-electron chi connectivity index (χ4n) is 3.09. The number of aromatic nitrogens is 1. The summed E-state index contributed by atoms with van der Waals surface area (Å²) in [7, 11) is 5.27. The molecular weight excluding hydrogens is 324 g/mol. The Morgan fingerprint density at radius 2 is 2.24 bits per heavy atom. The van der Waals surface area contributed by atoms with E-state index < -0.39 is 5.97 Å². The lowest BCUT2D eigenvalue weighted by Gasteiger charge is -2.31. The lowest BCUT2D eigenvalue weighted by atomic mass is 9.81. The van der Waals surface area contributed by atoms with Gasteiger partial charge in [-0.2, -0.15) is 0 Å².